The molecule has 1 aromatic heterocycles. The first kappa shape index (κ1) is 11.9. The average molecular weight is 233 g/mol. The van der Waals surface area contributed by atoms with Gasteiger partial charge in [0, 0.05) is 38.3 Å². The highest BCUT2D eigenvalue weighted by atomic mass is 16.1. The third-order valence-corrected chi connectivity index (χ3v) is 3.22. The molecule has 1 saturated carbocycles. The summed E-state index contributed by atoms with van der Waals surface area (Å²) in [5.41, 5.74) is 1.06. The zero-order valence-corrected chi connectivity index (χ0v) is 10.4. The van der Waals surface area contributed by atoms with Crippen LogP contribution in [-0.4, -0.2) is 25.0 Å². The first-order valence-electron chi connectivity index (χ1n) is 6.07. The molecule has 1 heterocycles. The smallest absolute Gasteiger partial charge is 0.223 e. The van der Waals surface area contributed by atoms with Crippen molar-refractivity contribution in [1.82, 2.24) is 10.3 Å². The number of hydrogen-bond donors (Lipinski definition) is 1. The highest BCUT2D eigenvalue weighted by Gasteiger charge is 2.24. The molecule has 0 bridgehead atoms. The van der Waals surface area contributed by atoms with Gasteiger partial charge in [0.05, 0.1) is 0 Å². The fraction of sp³-hybridized carbons (Fsp3) is 0.538. The number of carbonyl (C=O) groups is 1. The maximum atomic E-state index is 11.7. The predicted molar refractivity (Wildman–Crippen MR) is 67.8 cm³/mol. The minimum absolute atomic E-state index is 0.185. The summed E-state index contributed by atoms with van der Waals surface area (Å²) in [6, 6.07) is 3.90. The summed E-state index contributed by atoms with van der Waals surface area (Å²) in [6.07, 6.45) is 5.04. The molecule has 17 heavy (non-hydrogen) atoms. The number of amides is 1. The maximum Gasteiger partial charge on any atom is 0.223 e. The summed E-state index contributed by atoms with van der Waals surface area (Å²) < 4.78 is 0. The van der Waals surface area contributed by atoms with Gasteiger partial charge >= 0.3 is 0 Å². The highest BCUT2D eigenvalue weighted by molar-refractivity contribution is 5.79. The largest absolute Gasteiger partial charge is 0.362 e. The minimum Gasteiger partial charge on any atom is -0.362 e. The van der Waals surface area contributed by atoms with Crippen molar-refractivity contribution in [2.75, 3.05) is 19.0 Å². The number of anilines is 1. The molecule has 1 aliphatic rings. The van der Waals surface area contributed by atoms with E-state index in [1.807, 2.05) is 31.1 Å². The number of nitrogens with zero attached hydrogens (tertiary/aromatic N) is 2. The van der Waals surface area contributed by atoms with Crippen molar-refractivity contribution in [3.63, 3.8) is 0 Å². The maximum absolute atomic E-state index is 11.7. The number of rotatable bonds is 4. The van der Waals surface area contributed by atoms with Crippen LogP contribution in [0.2, 0.25) is 0 Å². The molecule has 0 aromatic carbocycles. The van der Waals surface area contributed by atoms with Gasteiger partial charge < -0.3 is 10.2 Å². The second-order valence-electron chi connectivity index (χ2n) is 4.73. The van der Waals surface area contributed by atoms with Crippen molar-refractivity contribution in [2.45, 2.75) is 25.8 Å². The molecule has 0 atom stereocenters. The number of pyridine rings is 1. The standard InChI is InChI=1S/C13H19N3O/c1-16(2)12-11(7-4-8-14-12)9-15-13(17)10-5-3-6-10/h4,7-8,10H,3,5-6,9H2,1-2H3,(H,15,17). The van der Waals surface area contributed by atoms with E-state index in [1.54, 1.807) is 6.20 Å². The Balaban J connectivity index is 1.96. The van der Waals surface area contributed by atoms with Gasteiger partial charge in [0.15, 0.2) is 0 Å². The van der Waals surface area contributed by atoms with E-state index in [-0.39, 0.29) is 11.8 Å². The number of hydrogen-bond acceptors (Lipinski definition) is 3. The first-order valence-corrected chi connectivity index (χ1v) is 6.07. The average Bonchev–Trinajstić information content (AvgIpc) is 2.24. The van der Waals surface area contributed by atoms with E-state index in [0.717, 1.165) is 24.2 Å². The van der Waals surface area contributed by atoms with Crippen molar-refractivity contribution < 1.29 is 4.79 Å². The third-order valence-electron chi connectivity index (χ3n) is 3.22. The van der Waals surface area contributed by atoms with Crippen molar-refractivity contribution in [3.05, 3.63) is 23.9 Å². The van der Waals surface area contributed by atoms with Gasteiger partial charge in [-0.1, -0.05) is 12.5 Å². The summed E-state index contributed by atoms with van der Waals surface area (Å²) in [5.74, 6) is 1.35. The number of carbonyl (C=O) groups excluding carboxylic acids is 1. The van der Waals surface area contributed by atoms with Crippen LogP contribution in [-0.2, 0) is 11.3 Å². The monoisotopic (exact) mass is 233 g/mol. The van der Waals surface area contributed by atoms with Gasteiger partial charge in [0.1, 0.15) is 5.82 Å². The minimum atomic E-state index is 0.185. The molecule has 1 aliphatic carbocycles. The molecular weight excluding hydrogens is 214 g/mol. The van der Waals surface area contributed by atoms with E-state index in [4.69, 9.17) is 0 Å². The lowest BCUT2D eigenvalue weighted by Gasteiger charge is -2.24. The Morgan fingerprint density at radius 2 is 2.29 bits per heavy atom. The lowest BCUT2D eigenvalue weighted by molar-refractivity contribution is -0.127. The van der Waals surface area contributed by atoms with Crippen molar-refractivity contribution >= 4 is 11.7 Å². The molecular formula is C13H19N3O. The zero-order valence-electron chi connectivity index (χ0n) is 10.4. The molecule has 4 heteroatoms. The van der Waals surface area contributed by atoms with Gasteiger partial charge in [-0.3, -0.25) is 4.79 Å². The fourth-order valence-corrected chi connectivity index (χ4v) is 1.97. The quantitative estimate of drug-likeness (QED) is 0.858. The Bertz CT molecular complexity index is 399. The highest BCUT2D eigenvalue weighted by Crippen LogP contribution is 2.26. The van der Waals surface area contributed by atoms with Crippen LogP contribution in [0.3, 0.4) is 0 Å². The van der Waals surface area contributed by atoms with Crippen molar-refractivity contribution in [3.8, 4) is 0 Å². The third kappa shape index (κ3) is 2.75. The second-order valence-corrected chi connectivity index (χ2v) is 4.73. The van der Waals surface area contributed by atoms with Crippen LogP contribution in [0.1, 0.15) is 24.8 Å². The van der Waals surface area contributed by atoms with Crippen LogP contribution in [0.5, 0.6) is 0 Å². The zero-order chi connectivity index (χ0) is 12.3. The molecule has 92 valence electrons. The lowest BCUT2D eigenvalue weighted by Crippen LogP contribution is -2.34. The van der Waals surface area contributed by atoms with E-state index in [0.29, 0.717) is 6.54 Å². The molecule has 2 rings (SSSR count). The second kappa shape index (κ2) is 5.17. The molecule has 0 unspecified atom stereocenters. The number of nitrogens with one attached hydrogen (secondary N) is 1. The summed E-state index contributed by atoms with van der Waals surface area (Å²) >= 11 is 0. The van der Waals surface area contributed by atoms with Crippen LogP contribution in [0.15, 0.2) is 18.3 Å². The summed E-state index contributed by atoms with van der Waals surface area (Å²) in [5, 5.41) is 2.99. The van der Waals surface area contributed by atoms with Gasteiger partial charge in [0.2, 0.25) is 5.91 Å². The van der Waals surface area contributed by atoms with Crippen LogP contribution in [0, 0.1) is 5.92 Å². The van der Waals surface area contributed by atoms with E-state index in [1.165, 1.54) is 6.42 Å². The van der Waals surface area contributed by atoms with Gasteiger partial charge in [-0.25, -0.2) is 4.98 Å². The molecule has 0 radical (unpaired) electrons. The van der Waals surface area contributed by atoms with E-state index in [2.05, 4.69) is 10.3 Å². The predicted octanol–water partition coefficient (Wildman–Crippen LogP) is 1.56. The summed E-state index contributed by atoms with van der Waals surface area (Å²) in [4.78, 5) is 18.0. The molecule has 0 aliphatic heterocycles. The SMILES string of the molecule is CN(C)c1ncccc1CNC(=O)C1CCC1. The lowest BCUT2D eigenvalue weighted by atomic mass is 9.85. The molecule has 1 amide bonds. The Kier molecular flexibility index (Phi) is 3.61. The molecule has 4 nitrogen and oxygen atoms in total. The van der Waals surface area contributed by atoms with Crippen LogP contribution < -0.4 is 10.2 Å². The normalized spacial score (nSPS) is 15.2. The first-order chi connectivity index (χ1) is 8.18. The van der Waals surface area contributed by atoms with Crippen LogP contribution in [0.4, 0.5) is 5.82 Å². The Morgan fingerprint density at radius 1 is 1.53 bits per heavy atom. The topological polar surface area (TPSA) is 45.2 Å². The molecule has 1 aromatic rings. The van der Waals surface area contributed by atoms with E-state index in [9.17, 15) is 4.79 Å². The van der Waals surface area contributed by atoms with Gasteiger partial charge in [-0.2, -0.15) is 0 Å². The van der Waals surface area contributed by atoms with Crippen LogP contribution >= 0.6 is 0 Å². The molecule has 0 saturated heterocycles. The summed E-state index contributed by atoms with van der Waals surface area (Å²) in [7, 11) is 3.92. The van der Waals surface area contributed by atoms with Gasteiger partial charge in [-0.05, 0) is 18.9 Å². The number of aromatic nitrogens is 1. The molecule has 1 fully saturated rings. The Morgan fingerprint density at radius 3 is 2.88 bits per heavy atom. The Labute approximate surface area is 102 Å². The van der Waals surface area contributed by atoms with Gasteiger partial charge in [-0.15, -0.1) is 0 Å². The van der Waals surface area contributed by atoms with E-state index >= 15 is 0 Å². The van der Waals surface area contributed by atoms with Crippen molar-refractivity contribution in [2.24, 2.45) is 5.92 Å². The summed E-state index contributed by atoms with van der Waals surface area (Å²) in [6.45, 7) is 0.566. The Hall–Kier alpha value is -1.58. The molecule has 0 spiro atoms. The van der Waals surface area contributed by atoms with Crippen molar-refractivity contribution in [1.29, 1.82) is 0 Å². The van der Waals surface area contributed by atoms with Crippen LogP contribution in [0.25, 0.3) is 0 Å². The van der Waals surface area contributed by atoms with E-state index < -0.39 is 0 Å². The molecule has 1 N–H and O–H groups in total. The van der Waals surface area contributed by atoms with Gasteiger partial charge in [0.25, 0.3) is 0 Å². The fourth-order valence-electron chi connectivity index (χ4n) is 1.97.